The quantitative estimate of drug-likeness (QED) is 0.893. The molecular weight excluding hydrogens is 258 g/mol. The molecule has 1 aromatic rings. The number of nitrogens with zero attached hydrogens (tertiary/aromatic N) is 2. The lowest BCUT2D eigenvalue weighted by atomic mass is 10.1. The first-order valence-corrected chi connectivity index (χ1v) is 6.46. The Hall–Kier alpha value is -2.11. The zero-order chi connectivity index (χ0) is 14.9. The molecule has 2 heterocycles. The van der Waals surface area contributed by atoms with Crippen molar-refractivity contribution in [3.8, 4) is 0 Å². The van der Waals surface area contributed by atoms with Crippen LogP contribution in [0.15, 0.2) is 12.3 Å². The van der Waals surface area contributed by atoms with Crippen molar-refractivity contribution >= 4 is 12.0 Å². The molecule has 0 unspecified atom stereocenters. The Morgan fingerprint density at radius 3 is 2.85 bits per heavy atom. The molecule has 0 fully saturated rings. The van der Waals surface area contributed by atoms with Gasteiger partial charge >= 0.3 is 6.09 Å². The van der Waals surface area contributed by atoms with Crippen molar-refractivity contribution in [1.29, 1.82) is 0 Å². The van der Waals surface area contributed by atoms with E-state index in [9.17, 15) is 9.59 Å². The van der Waals surface area contributed by atoms with E-state index in [1.54, 1.807) is 18.1 Å². The summed E-state index contributed by atoms with van der Waals surface area (Å²) in [6.07, 6.45) is 1.14. The van der Waals surface area contributed by atoms with E-state index < -0.39 is 11.7 Å². The van der Waals surface area contributed by atoms with E-state index in [0.717, 1.165) is 11.1 Å². The van der Waals surface area contributed by atoms with Crippen LogP contribution in [-0.4, -0.2) is 34.5 Å². The van der Waals surface area contributed by atoms with E-state index in [1.807, 2.05) is 26.8 Å². The average molecular weight is 277 g/mol. The van der Waals surface area contributed by atoms with Crippen molar-refractivity contribution < 1.29 is 14.3 Å². The maximum absolute atomic E-state index is 11.7. The van der Waals surface area contributed by atoms with Crippen LogP contribution >= 0.6 is 0 Å². The summed E-state index contributed by atoms with van der Waals surface area (Å²) in [6, 6.07) is 1.89. The minimum Gasteiger partial charge on any atom is -0.444 e. The first kappa shape index (κ1) is 14.3. The fraction of sp³-hybridized carbons (Fsp3) is 0.500. The van der Waals surface area contributed by atoms with Gasteiger partial charge in [-0.05, 0) is 32.4 Å². The normalized spacial score (nSPS) is 14.2. The number of alkyl carbamates (subject to hydrolysis) is 1. The van der Waals surface area contributed by atoms with Crippen molar-refractivity contribution in [1.82, 2.24) is 15.2 Å². The highest BCUT2D eigenvalue weighted by molar-refractivity contribution is 5.96. The topological polar surface area (TPSA) is 71.5 Å². The monoisotopic (exact) mass is 277 g/mol. The zero-order valence-corrected chi connectivity index (χ0v) is 12.2. The van der Waals surface area contributed by atoms with Gasteiger partial charge in [-0.2, -0.15) is 0 Å². The molecule has 0 aromatic carbocycles. The molecular formula is C14H19N3O3. The molecule has 1 aliphatic heterocycles. The van der Waals surface area contributed by atoms with Crippen LogP contribution in [0, 0.1) is 0 Å². The molecule has 2 amide bonds. The second kappa shape index (κ2) is 5.11. The third-order valence-electron chi connectivity index (χ3n) is 2.82. The van der Waals surface area contributed by atoms with Gasteiger partial charge in [0, 0.05) is 31.9 Å². The van der Waals surface area contributed by atoms with Crippen molar-refractivity contribution in [2.24, 2.45) is 0 Å². The summed E-state index contributed by atoms with van der Waals surface area (Å²) < 4.78 is 5.15. The predicted octanol–water partition coefficient (Wildman–Crippen LogP) is 1.69. The minimum atomic E-state index is -0.518. The number of nitrogens with one attached hydrogen (secondary N) is 1. The fourth-order valence-corrected chi connectivity index (χ4v) is 1.97. The summed E-state index contributed by atoms with van der Waals surface area (Å²) in [7, 11) is 1.74. The largest absolute Gasteiger partial charge is 0.444 e. The number of pyridine rings is 1. The van der Waals surface area contributed by atoms with E-state index in [-0.39, 0.29) is 5.91 Å². The highest BCUT2D eigenvalue weighted by Gasteiger charge is 2.26. The van der Waals surface area contributed by atoms with Crippen LogP contribution in [0.4, 0.5) is 4.79 Å². The SMILES string of the molecule is CN1Cc2cc(CNC(=O)OC(C)(C)C)cnc2C1=O. The predicted molar refractivity (Wildman–Crippen MR) is 73.1 cm³/mol. The van der Waals surface area contributed by atoms with Gasteiger partial charge in [-0.3, -0.25) is 9.78 Å². The average Bonchev–Trinajstić information content (AvgIpc) is 2.60. The van der Waals surface area contributed by atoms with Gasteiger partial charge in [0.15, 0.2) is 0 Å². The standard InChI is InChI=1S/C14H19N3O3/c1-14(2,3)20-13(19)16-7-9-5-10-8-17(4)12(18)11(10)15-6-9/h5-6H,7-8H2,1-4H3,(H,16,19). The minimum absolute atomic E-state index is 0.0633. The first-order chi connectivity index (χ1) is 9.26. The molecule has 1 aliphatic rings. The molecule has 0 saturated heterocycles. The van der Waals surface area contributed by atoms with Gasteiger partial charge in [0.25, 0.3) is 5.91 Å². The molecule has 0 atom stereocenters. The molecule has 1 aromatic heterocycles. The second-order valence-electron chi connectivity index (χ2n) is 5.87. The maximum atomic E-state index is 11.7. The number of carbonyl (C=O) groups excluding carboxylic acids is 2. The lowest BCUT2D eigenvalue weighted by Crippen LogP contribution is -2.32. The smallest absolute Gasteiger partial charge is 0.407 e. The zero-order valence-electron chi connectivity index (χ0n) is 12.2. The van der Waals surface area contributed by atoms with Crippen LogP contribution in [0.5, 0.6) is 0 Å². The summed E-state index contributed by atoms with van der Waals surface area (Å²) in [5, 5.41) is 2.67. The molecule has 0 saturated carbocycles. The van der Waals surface area contributed by atoms with E-state index >= 15 is 0 Å². The molecule has 0 bridgehead atoms. The van der Waals surface area contributed by atoms with Gasteiger partial charge in [0.2, 0.25) is 0 Å². The van der Waals surface area contributed by atoms with Gasteiger partial charge in [0.05, 0.1) is 0 Å². The van der Waals surface area contributed by atoms with Crippen molar-refractivity contribution in [3.63, 3.8) is 0 Å². The summed E-state index contributed by atoms with van der Waals surface area (Å²) in [5.74, 6) is -0.0633. The van der Waals surface area contributed by atoms with Gasteiger partial charge in [0.1, 0.15) is 11.3 Å². The van der Waals surface area contributed by atoms with Crippen molar-refractivity contribution in [2.45, 2.75) is 39.5 Å². The van der Waals surface area contributed by atoms with E-state index in [4.69, 9.17) is 4.74 Å². The number of fused-ring (bicyclic) bond motifs is 1. The summed E-state index contributed by atoms with van der Waals surface area (Å²) in [5.41, 5.74) is 1.71. The molecule has 0 aliphatic carbocycles. The first-order valence-electron chi connectivity index (χ1n) is 6.46. The maximum Gasteiger partial charge on any atom is 0.407 e. The molecule has 1 N–H and O–H groups in total. The molecule has 6 nitrogen and oxygen atoms in total. The summed E-state index contributed by atoms with van der Waals surface area (Å²) in [6.45, 7) is 6.31. The molecule has 2 rings (SSSR count). The van der Waals surface area contributed by atoms with Crippen LogP contribution < -0.4 is 5.32 Å². The van der Waals surface area contributed by atoms with Crippen molar-refractivity contribution in [2.75, 3.05) is 7.05 Å². The summed E-state index contributed by atoms with van der Waals surface area (Å²) in [4.78, 5) is 29.0. The highest BCUT2D eigenvalue weighted by atomic mass is 16.6. The third-order valence-corrected chi connectivity index (χ3v) is 2.82. The lowest BCUT2D eigenvalue weighted by molar-refractivity contribution is 0.0523. The van der Waals surface area contributed by atoms with Crippen LogP contribution in [0.2, 0.25) is 0 Å². The Morgan fingerprint density at radius 2 is 2.20 bits per heavy atom. The van der Waals surface area contributed by atoms with Gasteiger partial charge < -0.3 is 15.0 Å². The Morgan fingerprint density at radius 1 is 1.50 bits per heavy atom. The van der Waals surface area contributed by atoms with Crippen LogP contribution in [-0.2, 0) is 17.8 Å². The highest BCUT2D eigenvalue weighted by Crippen LogP contribution is 2.20. The summed E-state index contributed by atoms with van der Waals surface area (Å²) >= 11 is 0. The number of rotatable bonds is 2. The Balaban J connectivity index is 1.97. The molecule has 20 heavy (non-hydrogen) atoms. The molecule has 6 heteroatoms. The van der Waals surface area contributed by atoms with Crippen LogP contribution in [0.3, 0.4) is 0 Å². The third kappa shape index (κ3) is 3.26. The van der Waals surface area contributed by atoms with E-state index in [1.165, 1.54) is 0 Å². The van der Waals surface area contributed by atoms with E-state index in [2.05, 4.69) is 10.3 Å². The van der Waals surface area contributed by atoms with Crippen molar-refractivity contribution in [3.05, 3.63) is 29.1 Å². The number of carbonyl (C=O) groups is 2. The Kier molecular flexibility index (Phi) is 3.65. The number of aromatic nitrogens is 1. The molecule has 108 valence electrons. The Bertz CT molecular complexity index is 549. The van der Waals surface area contributed by atoms with Gasteiger partial charge in [-0.15, -0.1) is 0 Å². The number of amides is 2. The van der Waals surface area contributed by atoms with E-state index in [0.29, 0.717) is 18.8 Å². The van der Waals surface area contributed by atoms with Crippen LogP contribution in [0.1, 0.15) is 42.4 Å². The lowest BCUT2D eigenvalue weighted by Gasteiger charge is -2.19. The van der Waals surface area contributed by atoms with Gasteiger partial charge in [-0.1, -0.05) is 0 Å². The second-order valence-corrected chi connectivity index (χ2v) is 5.87. The number of ether oxygens (including phenoxy) is 1. The number of hydrogen-bond donors (Lipinski definition) is 1. The Labute approximate surface area is 118 Å². The van der Waals surface area contributed by atoms with Gasteiger partial charge in [-0.25, -0.2) is 4.79 Å². The molecule has 0 spiro atoms. The molecule has 0 radical (unpaired) electrons. The fourth-order valence-electron chi connectivity index (χ4n) is 1.97. The van der Waals surface area contributed by atoms with Crippen LogP contribution in [0.25, 0.3) is 0 Å². The number of hydrogen-bond acceptors (Lipinski definition) is 4.